The lowest BCUT2D eigenvalue weighted by molar-refractivity contribution is -0.130. The van der Waals surface area contributed by atoms with Crippen LogP contribution in [0.2, 0.25) is 0 Å². The standard InChI is InChI=1S/C13H22N2OS/c1-4-7-14-10-13(16)15(3)11(2)9-12-6-5-8-17-12/h5-6,8,11,14H,4,7,9-10H2,1-3H3. The molecule has 3 nitrogen and oxygen atoms in total. The van der Waals surface area contributed by atoms with Gasteiger partial charge in [0.05, 0.1) is 6.54 Å². The predicted octanol–water partition coefficient (Wildman–Crippen LogP) is 2.14. The molecule has 1 atom stereocenters. The maximum absolute atomic E-state index is 11.9. The Balaban J connectivity index is 2.35. The van der Waals surface area contributed by atoms with Crippen molar-refractivity contribution in [2.45, 2.75) is 32.7 Å². The monoisotopic (exact) mass is 254 g/mol. The van der Waals surface area contributed by atoms with Crippen molar-refractivity contribution >= 4 is 17.2 Å². The number of carbonyl (C=O) groups excluding carboxylic acids is 1. The van der Waals surface area contributed by atoms with Crippen LogP contribution in [-0.2, 0) is 11.2 Å². The third kappa shape index (κ3) is 4.88. The average Bonchev–Trinajstić information content (AvgIpc) is 2.81. The SMILES string of the molecule is CCCNCC(=O)N(C)C(C)Cc1cccs1. The molecule has 0 aliphatic rings. The van der Waals surface area contributed by atoms with Gasteiger partial charge < -0.3 is 10.2 Å². The summed E-state index contributed by atoms with van der Waals surface area (Å²) in [5, 5.41) is 5.22. The minimum atomic E-state index is 0.169. The quantitative estimate of drug-likeness (QED) is 0.756. The van der Waals surface area contributed by atoms with Gasteiger partial charge in [-0.05, 0) is 31.3 Å². The molecule has 1 N–H and O–H groups in total. The first kappa shape index (κ1) is 14.2. The van der Waals surface area contributed by atoms with Crippen molar-refractivity contribution in [3.05, 3.63) is 22.4 Å². The molecular weight excluding hydrogens is 232 g/mol. The van der Waals surface area contributed by atoms with Crippen LogP contribution in [0.25, 0.3) is 0 Å². The summed E-state index contributed by atoms with van der Waals surface area (Å²) in [7, 11) is 1.88. The molecule has 1 aromatic rings. The molecule has 0 radical (unpaired) electrons. The zero-order valence-corrected chi connectivity index (χ0v) is 11.7. The third-order valence-corrected chi connectivity index (χ3v) is 3.73. The second-order valence-corrected chi connectivity index (χ2v) is 5.35. The van der Waals surface area contributed by atoms with Crippen molar-refractivity contribution in [3.8, 4) is 0 Å². The number of thiophene rings is 1. The van der Waals surface area contributed by atoms with E-state index < -0.39 is 0 Å². The highest BCUT2D eigenvalue weighted by molar-refractivity contribution is 7.09. The van der Waals surface area contributed by atoms with E-state index in [1.54, 1.807) is 11.3 Å². The van der Waals surface area contributed by atoms with Crippen LogP contribution < -0.4 is 5.32 Å². The Labute approximate surface area is 108 Å². The fourth-order valence-electron chi connectivity index (χ4n) is 1.60. The molecule has 17 heavy (non-hydrogen) atoms. The number of carbonyl (C=O) groups is 1. The molecule has 4 heteroatoms. The van der Waals surface area contributed by atoms with Gasteiger partial charge in [-0.3, -0.25) is 4.79 Å². The van der Waals surface area contributed by atoms with Crippen LogP contribution in [0.15, 0.2) is 17.5 Å². The van der Waals surface area contributed by atoms with E-state index in [1.807, 2.05) is 11.9 Å². The molecule has 0 saturated heterocycles. The summed E-state index contributed by atoms with van der Waals surface area (Å²) in [6, 6.07) is 4.43. The highest BCUT2D eigenvalue weighted by Gasteiger charge is 2.15. The molecule has 0 aromatic carbocycles. The highest BCUT2D eigenvalue weighted by atomic mass is 32.1. The predicted molar refractivity (Wildman–Crippen MR) is 73.4 cm³/mol. The first-order valence-corrected chi connectivity index (χ1v) is 7.01. The number of nitrogens with one attached hydrogen (secondary N) is 1. The summed E-state index contributed by atoms with van der Waals surface area (Å²) in [6.07, 6.45) is 2.00. The molecule has 1 unspecified atom stereocenters. The molecule has 0 saturated carbocycles. The van der Waals surface area contributed by atoms with Gasteiger partial charge in [-0.1, -0.05) is 13.0 Å². The van der Waals surface area contributed by atoms with Crippen LogP contribution in [0.5, 0.6) is 0 Å². The van der Waals surface area contributed by atoms with Crippen LogP contribution in [0, 0.1) is 0 Å². The van der Waals surface area contributed by atoms with Gasteiger partial charge in [0, 0.05) is 24.4 Å². The first-order valence-electron chi connectivity index (χ1n) is 6.14. The van der Waals surface area contributed by atoms with Gasteiger partial charge in [-0.2, -0.15) is 0 Å². The van der Waals surface area contributed by atoms with Crippen molar-refractivity contribution in [1.82, 2.24) is 10.2 Å². The zero-order chi connectivity index (χ0) is 12.7. The molecule has 0 aliphatic carbocycles. The second-order valence-electron chi connectivity index (χ2n) is 4.31. The van der Waals surface area contributed by atoms with Crippen molar-refractivity contribution in [2.24, 2.45) is 0 Å². The van der Waals surface area contributed by atoms with E-state index in [9.17, 15) is 4.79 Å². The fourth-order valence-corrected chi connectivity index (χ4v) is 2.43. The van der Waals surface area contributed by atoms with Crippen LogP contribution in [-0.4, -0.2) is 37.0 Å². The molecular formula is C13H22N2OS. The first-order chi connectivity index (χ1) is 8.15. The van der Waals surface area contributed by atoms with Crippen LogP contribution in [0.3, 0.4) is 0 Å². The van der Waals surface area contributed by atoms with Crippen LogP contribution in [0.1, 0.15) is 25.1 Å². The lowest BCUT2D eigenvalue weighted by Crippen LogP contribution is -2.41. The molecule has 1 heterocycles. The number of likely N-dealkylation sites (N-methyl/N-ethyl adjacent to an activating group) is 1. The summed E-state index contributed by atoms with van der Waals surface area (Å²) < 4.78 is 0. The van der Waals surface area contributed by atoms with Crippen LogP contribution >= 0.6 is 11.3 Å². The van der Waals surface area contributed by atoms with Gasteiger partial charge in [-0.25, -0.2) is 0 Å². The molecule has 1 aromatic heterocycles. The normalized spacial score (nSPS) is 12.4. The van der Waals surface area contributed by atoms with Gasteiger partial charge in [-0.15, -0.1) is 11.3 Å². The van der Waals surface area contributed by atoms with E-state index >= 15 is 0 Å². The highest BCUT2D eigenvalue weighted by Crippen LogP contribution is 2.13. The number of nitrogens with zero attached hydrogens (tertiary/aromatic N) is 1. The van der Waals surface area contributed by atoms with E-state index in [4.69, 9.17) is 0 Å². The Morgan fingerprint density at radius 2 is 2.35 bits per heavy atom. The molecule has 1 amide bonds. The molecule has 0 spiro atoms. The minimum Gasteiger partial charge on any atom is -0.342 e. The zero-order valence-electron chi connectivity index (χ0n) is 10.9. The maximum Gasteiger partial charge on any atom is 0.236 e. The Kier molecular flexibility index (Phi) is 6.22. The van der Waals surface area contributed by atoms with Crippen molar-refractivity contribution in [1.29, 1.82) is 0 Å². The Morgan fingerprint density at radius 1 is 1.59 bits per heavy atom. The largest absolute Gasteiger partial charge is 0.342 e. The summed E-state index contributed by atoms with van der Waals surface area (Å²) in [5.74, 6) is 0.169. The maximum atomic E-state index is 11.9. The summed E-state index contributed by atoms with van der Waals surface area (Å²) in [6.45, 7) is 5.54. The minimum absolute atomic E-state index is 0.169. The van der Waals surface area contributed by atoms with Gasteiger partial charge >= 0.3 is 0 Å². The van der Waals surface area contributed by atoms with Gasteiger partial charge in [0.2, 0.25) is 5.91 Å². The molecule has 96 valence electrons. The van der Waals surface area contributed by atoms with Gasteiger partial charge in [0.15, 0.2) is 0 Å². The number of rotatable bonds is 7. The fraction of sp³-hybridized carbons (Fsp3) is 0.615. The smallest absolute Gasteiger partial charge is 0.236 e. The molecule has 0 bridgehead atoms. The van der Waals surface area contributed by atoms with E-state index in [0.717, 1.165) is 19.4 Å². The summed E-state index contributed by atoms with van der Waals surface area (Å²) >= 11 is 1.75. The van der Waals surface area contributed by atoms with Crippen molar-refractivity contribution in [3.63, 3.8) is 0 Å². The second kappa shape index (κ2) is 7.45. The number of hydrogen-bond acceptors (Lipinski definition) is 3. The van der Waals surface area contributed by atoms with Crippen LogP contribution in [0.4, 0.5) is 0 Å². The lowest BCUT2D eigenvalue weighted by Gasteiger charge is -2.24. The van der Waals surface area contributed by atoms with E-state index in [2.05, 4.69) is 36.7 Å². The van der Waals surface area contributed by atoms with Gasteiger partial charge in [0.25, 0.3) is 0 Å². The van der Waals surface area contributed by atoms with Crippen molar-refractivity contribution < 1.29 is 4.79 Å². The number of amides is 1. The van der Waals surface area contributed by atoms with Gasteiger partial charge in [0.1, 0.15) is 0 Å². The number of hydrogen-bond donors (Lipinski definition) is 1. The summed E-state index contributed by atoms with van der Waals surface area (Å²) in [4.78, 5) is 15.0. The van der Waals surface area contributed by atoms with E-state index in [0.29, 0.717) is 6.54 Å². The third-order valence-electron chi connectivity index (χ3n) is 2.83. The van der Waals surface area contributed by atoms with E-state index in [-0.39, 0.29) is 11.9 Å². The average molecular weight is 254 g/mol. The lowest BCUT2D eigenvalue weighted by atomic mass is 10.2. The molecule has 0 fully saturated rings. The summed E-state index contributed by atoms with van der Waals surface area (Å²) in [5.41, 5.74) is 0. The van der Waals surface area contributed by atoms with Crippen molar-refractivity contribution in [2.75, 3.05) is 20.1 Å². The Bertz CT molecular complexity index is 324. The topological polar surface area (TPSA) is 32.3 Å². The molecule has 0 aliphatic heterocycles. The van der Waals surface area contributed by atoms with E-state index in [1.165, 1.54) is 4.88 Å². The Morgan fingerprint density at radius 3 is 2.94 bits per heavy atom. The Hall–Kier alpha value is -0.870. The molecule has 1 rings (SSSR count).